The highest BCUT2D eigenvalue weighted by atomic mass is 32.2. The average molecular weight is 397 g/mol. The SMILES string of the molecule is CCCC[C@H](NC(=O)CCNS(=O)(=O)c1ccc2c(c1)CCCC2)C(=O)O. The molecule has 7 nitrogen and oxygen atoms in total. The molecule has 0 heterocycles. The number of aliphatic carboxylic acids is 1. The lowest BCUT2D eigenvalue weighted by atomic mass is 9.92. The maximum absolute atomic E-state index is 12.4. The van der Waals surface area contributed by atoms with E-state index in [1.165, 1.54) is 5.56 Å². The number of rotatable bonds is 10. The fourth-order valence-corrected chi connectivity index (χ4v) is 4.27. The largest absolute Gasteiger partial charge is 0.480 e. The summed E-state index contributed by atoms with van der Waals surface area (Å²) in [6.45, 7) is 1.86. The summed E-state index contributed by atoms with van der Waals surface area (Å²) in [6.07, 6.45) is 5.83. The normalized spacial score (nSPS) is 15.0. The summed E-state index contributed by atoms with van der Waals surface area (Å²) in [5, 5.41) is 11.6. The lowest BCUT2D eigenvalue weighted by molar-refractivity contribution is -0.142. The summed E-state index contributed by atoms with van der Waals surface area (Å²) in [6, 6.07) is 4.23. The van der Waals surface area contributed by atoms with Crippen molar-refractivity contribution >= 4 is 21.9 Å². The summed E-state index contributed by atoms with van der Waals surface area (Å²) in [7, 11) is -3.69. The number of hydrogen-bond donors (Lipinski definition) is 3. The molecule has 1 aliphatic rings. The van der Waals surface area contributed by atoms with E-state index in [2.05, 4.69) is 10.0 Å². The molecule has 0 spiro atoms. The van der Waals surface area contributed by atoms with E-state index in [1.54, 1.807) is 12.1 Å². The molecule has 2 rings (SSSR count). The molecular formula is C19H28N2O5S. The Morgan fingerprint density at radius 2 is 1.89 bits per heavy atom. The van der Waals surface area contributed by atoms with Gasteiger partial charge in [0.15, 0.2) is 0 Å². The number of aryl methyl sites for hydroxylation is 2. The molecule has 8 heteroatoms. The number of carbonyl (C=O) groups excluding carboxylic acids is 1. The van der Waals surface area contributed by atoms with Gasteiger partial charge in [-0.1, -0.05) is 25.8 Å². The first-order valence-electron chi connectivity index (χ1n) is 9.47. The van der Waals surface area contributed by atoms with E-state index in [0.717, 1.165) is 37.7 Å². The monoisotopic (exact) mass is 396 g/mol. The zero-order valence-corrected chi connectivity index (χ0v) is 16.5. The summed E-state index contributed by atoms with van der Waals surface area (Å²) in [5.74, 6) is -1.56. The molecule has 1 atom stereocenters. The van der Waals surface area contributed by atoms with E-state index in [0.29, 0.717) is 12.8 Å². The molecule has 0 aliphatic heterocycles. The zero-order valence-electron chi connectivity index (χ0n) is 15.7. The smallest absolute Gasteiger partial charge is 0.326 e. The number of nitrogens with one attached hydrogen (secondary N) is 2. The second-order valence-electron chi connectivity index (χ2n) is 6.89. The van der Waals surface area contributed by atoms with Crippen molar-refractivity contribution in [2.75, 3.05) is 6.54 Å². The number of sulfonamides is 1. The topological polar surface area (TPSA) is 113 Å². The van der Waals surface area contributed by atoms with Crippen molar-refractivity contribution in [3.05, 3.63) is 29.3 Å². The van der Waals surface area contributed by atoms with Crippen LogP contribution in [0.4, 0.5) is 0 Å². The standard InChI is InChI=1S/C19H28N2O5S/c1-2-3-8-17(19(23)24)21-18(22)11-12-20-27(25,26)16-10-9-14-6-4-5-7-15(14)13-16/h9-10,13,17,20H,2-8,11-12H2,1H3,(H,21,22)(H,23,24)/t17-/m0/s1. The molecule has 1 aromatic carbocycles. The third kappa shape index (κ3) is 6.32. The predicted molar refractivity (Wildman–Crippen MR) is 102 cm³/mol. The van der Waals surface area contributed by atoms with Gasteiger partial charge in [-0.05, 0) is 55.4 Å². The van der Waals surface area contributed by atoms with Gasteiger partial charge in [0.25, 0.3) is 0 Å². The van der Waals surface area contributed by atoms with Gasteiger partial charge in [0.1, 0.15) is 6.04 Å². The van der Waals surface area contributed by atoms with Crippen LogP contribution in [0, 0.1) is 0 Å². The van der Waals surface area contributed by atoms with Crippen molar-refractivity contribution in [1.29, 1.82) is 0 Å². The lowest BCUT2D eigenvalue weighted by Crippen LogP contribution is -2.41. The Hall–Kier alpha value is -1.93. The van der Waals surface area contributed by atoms with E-state index in [4.69, 9.17) is 5.11 Å². The molecule has 3 N–H and O–H groups in total. The van der Waals surface area contributed by atoms with Crippen molar-refractivity contribution in [3.8, 4) is 0 Å². The van der Waals surface area contributed by atoms with Crippen LogP contribution in [0.3, 0.4) is 0 Å². The molecular weight excluding hydrogens is 368 g/mol. The molecule has 1 aromatic rings. The lowest BCUT2D eigenvalue weighted by Gasteiger charge is -2.17. The molecule has 0 fully saturated rings. The fourth-order valence-electron chi connectivity index (χ4n) is 3.19. The van der Waals surface area contributed by atoms with Gasteiger partial charge in [-0.15, -0.1) is 0 Å². The van der Waals surface area contributed by atoms with Crippen molar-refractivity contribution in [3.63, 3.8) is 0 Å². The van der Waals surface area contributed by atoms with Crippen molar-refractivity contribution < 1.29 is 23.1 Å². The van der Waals surface area contributed by atoms with Gasteiger partial charge < -0.3 is 10.4 Å². The maximum Gasteiger partial charge on any atom is 0.326 e. The van der Waals surface area contributed by atoms with E-state index in [-0.39, 0.29) is 17.9 Å². The molecule has 0 saturated heterocycles. The zero-order chi connectivity index (χ0) is 19.9. The van der Waals surface area contributed by atoms with Gasteiger partial charge >= 0.3 is 5.97 Å². The van der Waals surface area contributed by atoms with Crippen LogP contribution in [0.2, 0.25) is 0 Å². The van der Waals surface area contributed by atoms with Crippen LogP contribution in [-0.2, 0) is 32.5 Å². The predicted octanol–water partition coefficient (Wildman–Crippen LogP) is 1.99. The van der Waals surface area contributed by atoms with E-state index < -0.39 is 27.9 Å². The quantitative estimate of drug-likeness (QED) is 0.560. The van der Waals surface area contributed by atoms with Gasteiger partial charge in [-0.2, -0.15) is 0 Å². The summed E-state index contributed by atoms with van der Waals surface area (Å²) < 4.78 is 27.3. The number of fused-ring (bicyclic) bond motifs is 1. The van der Waals surface area contributed by atoms with Crippen LogP contribution in [0.25, 0.3) is 0 Å². The maximum atomic E-state index is 12.4. The number of hydrogen-bond acceptors (Lipinski definition) is 4. The number of benzene rings is 1. The fraction of sp³-hybridized carbons (Fsp3) is 0.579. The molecule has 0 unspecified atom stereocenters. The summed E-state index contributed by atoms with van der Waals surface area (Å²) >= 11 is 0. The number of carboxylic acids is 1. The first kappa shape index (κ1) is 21.4. The molecule has 27 heavy (non-hydrogen) atoms. The van der Waals surface area contributed by atoms with Crippen LogP contribution in [0.1, 0.15) is 56.6 Å². The number of unbranched alkanes of at least 4 members (excludes halogenated alkanes) is 1. The second-order valence-corrected chi connectivity index (χ2v) is 8.65. The Morgan fingerprint density at radius 1 is 1.19 bits per heavy atom. The number of carboxylic acid groups (broad SMARTS) is 1. The van der Waals surface area contributed by atoms with Crippen molar-refractivity contribution in [2.45, 2.75) is 69.2 Å². The van der Waals surface area contributed by atoms with Gasteiger partial charge in [0.2, 0.25) is 15.9 Å². The molecule has 0 saturated carbocycles. The van der Waals surface area contributed by atoms with Gasteiger partial charge in [-0.25, -0.2) is 17.9 Å². The van der Waals surface area contributed by atoms with Crippen LogP contribution < -0.4 is 10.0 Å². The minimum Gasteiger partial charge on any atom is -0.480 e. The number of amides is 1. The van der Waals surface area contributed by atoms with E-state index in [9.17, 15) is 18.0 Å². The van der Waals surface area contributed by atoms with Gasteiger partial charge in [-0.3, -0.25) is 4.79 Å². The van der Waals surface area contributed by atoms with E-state index in [1.807, 2.05) is 13.0 Å². The molecule has 150 valence electrons. The Labute approximate surface area is 160 Å². The highest BCUT2D eigenvalue weighted by Gasteiger charge is 2.20. The Balaban J connectivity index is 1.88. The third-order valence-corrected chi connectivity index (χ3v) is 6.21. The van der Waals surface area contributed by atoms with E-state index >= 15 is 0 Å². The first-order chi connectivity index (χ1) is 12.8. The minimum absolute atomic E-state index is 0.0780. The highest BCUT2D eigenvalue weighted by molar-refractivity contribution is 7.89. The second kappa shape index (κ2) is 9.85. The molecule has 0 bridgehead atoms. The Morgan fingerprint density at radius 3 is 2.56 bits per heavy atom. The highest BCUT2D eigenvalue weighted by Crippen LogP contribution is 2.24. The van der Waals surface area contributed by atoms with Crippen LogP contribution >= 0.6 is 0 Å². The molecule has 0 radical (unpaired) electrons. The van der Waals surface area contributed by atoms with Crippen molar-refractivity contribution in [2.24, 2.45) is 0 Å². The Bertz CT molecular complexity index is 776. The minimum atomic E-state index is -3.69. The van der Waals surface area contributed by atoms with Crippen molar-refractivity contribution in [1.82, 2.24) is 10.0 Å². The third-order valence-electron chi connectivity index (χ3n) is 4.75. The van der Waals surface area contributed by atoms with Crippen LogP contribution in [0.5, 0.6) is 0 Å². The first-order valence-corrected chi connectivity index (χ1v) is 11.0. The summed E-state index contributed by atoms with van der Waals surface area (Å²) in [4.78, 5) is 23.3. The Kier molecular flexibility index (Phi) is 7.79. The summed E-state index contributed by atoms with van der Waals surface area (Å²) in [5.41, 5.74) is 2.27. The average Bonchev–Trinajstić information content (AvgIpc) is 2.64. The number of carbonyl (C=O) groups is 2. The molecule has 1 amide bonds. The van der Waals surface area contributed by atoms with Crippen LogP contribution in [0.15, 0.2) is 23.1 Å². The van der Waals surface area contributed by atoms with Crippen LogP contribution in [-0.4, -0.2) is 38.0 Å². The van der Waals surface area contributed by atoms with Gasteiger partial charge in [0, 0.05) is 13.0 Å². The van der Waals surface area contributed by atoms with Gasteiger partial charge in [0.05, 0.1) is 4.90 Å². The molecule has 1 aliphatic carbocycles. The molecule has 0 aromatic heterocycles.